The fourth-order valence-electron chi connectivity index (χ4n) is 1.70. The molecule has 5 nitrogen and oxygen atoms in total. The first-order valence-electron chi connectivity index (χ1n) is 5.81. The minimum atomic E-state index is -2.90. The summed E-state index contributed by atoms with van der Waals surface area (Å²) < 4.78 is 38.9. The number of nitrogens with zero attached hydrogens (tertiary/aromatic N) is 1. The number of nitrogens with one attached hydrogen (secondary N) is 1. The van der Waals surface area contributed by atoms with E-state index in [9.17, 15) is 8.78 Å². The summed E-state index contributed by atoms with van der Waals surface area (Å²) >= 11 is 0. The second kappa shape index (κ2) is 6.33. The van der Waals surface area contributed by atoms with E-state index in [1.165, 1.54) is 13.2 Å². The monoisotopic (exact) mass is 284 g/mol. The van der Waals surface area contributed by atoms with Crippen LogP contribution >= 0.6 is 0 Å². The number of hydrazone groups is 1. The topological polar surface area (TPSA) is 52.1 Å². The van der Waals surface area contributed by atoms with Gasteiger partial charge in [0.1, 0.15) is 0 Å². The molecule has 1 atom stereocenters. The standard InChI is InChI=1S/C13H14F2N2O3/c1-18-11-7-8(3-5-10(11)20-13(14)15)9-4-6-12(19-2)17-16-9/h3-7,12-13,17H,1-2H3. The van der Waals surface area contributed by atoms with E-state index in [0.717, 1.165) is 0 Å². The van der Waals surface area contributed by atoms with Crippen LogP contribution < -0.4 is 14.9 Å². The molecule has 1 aromatic rings. The van der Waals surface area contributed by atoms with E-state index < -0.39 is 6.61 Å². The summed E-state index contributed by atoms with van der Waals surface area (Å²) in [5.41, 5.74) is 4.14. The average molecular weight is 284 g/mol. The highest BCUT2D eigenvalue weighted by Gasteiger charge is 2.14. The zero-order valence-electron chi connectivity index (χ0n) is 11.0. The van der Waals surface area contributed by atoms with Crippen molar-refractivity contribution in [1.29, 1.82) is 0 Å². The van der Waals surface area contributed by atoms with Crippen molar-refractivity contribution in [3.05, 3.63) is 35.9 Å². The van der Waals surface area contributed by atoms with Crippen LogP contribution in [0.3, 0.4) is 0 Å². The first kappa shape index (κ1) is 14.3. The number of benzene rings is 1. The molecule has 1 aliphatic rings. The molecule has 0 saturated heterocycles. The van der Waals surface area contributed by atoms with E-state index in [4.69, 9.17) is 9.47 Å². The van der Waals surface area contributed by atoms with Crippen molar-refractivity contribution in [3.8, 4) is 11.5 Å². The average Bonchev–Trinajstić information content (AvgIpc) is 2.47. The molecule has 0 amide bonds. The van der Waals surface area contributed by atoms with Crippen LogP contribution in [-0.4, -0.2) is 32.8 Å². The van der Waals surface area contributed by atoms with Crippen LogP contribution in [0.2, 0.25) is 0 Å². The number of halogens is 2. The van der Waals surface area contributed by atoms with Gasteiger partial charge in [-0.2, -0.15) is 13.9 Å². The largest absolute Gasteiger partial charge is 0.493 e. The van der Waals surface area contributed by atoms with Gasteiger partial charge in [-0.25, -0.2) is 0 Å². The number of rotatable bonds is 5. The minimum Gasteiger partial charge on any atom is -0.493 e. The molecule has 1 aliphatic heterocycles. The summed E-state index contributed by atoms with van der Waals surface area (Å²) in [4.78, 5) is 0. The van der Waals surface area contributed by atoms with Gasteiger partial charge in [-0.05, 0) is 30.4 Å². The molecule has 20 heavy (non-hydrogen) atoms. The predicted octanol–water partition coefficient (Wildman–Crippen LogP) is 2.13. The smallest absolute Gasteiger partial charge is 0.387 e. The van der Waals surface area contributed by atoms with E-state index in [2.05, 4.69) is 15.3 Å². The third-order valence-electron chi connectivity index (χ3n) is 2.67. The van der Waals surface area contributed by atoms with Gasteiger partial charge < -0.3 is 14.2 Å². The molecule has 1 aromatic carbocycles. The highest BCUT2D eigenvalue weighted by Crippen LogP contribution is 2.30. The van der Waals surface area contributed by atoms with Crippen molar-refractivity contribution in [2.24, 2.45) is 5.10 Å². The Morgan fingerprint density at radius 3 is 2.60 bits per heavy atom. The van der Waals surface area contributed by atoms with Crippen LogP contribution in [0.5, 0.6) is 11.5 Å². The Labute approximate surface area is 114 Å². The second-order valence-electron chi connectivity index (χ2n) is 3.89. The Bertz CT molecular complexity index is 532. The molecule has 0 aromatic heterocycles. The molecular formula is C13H14F2N2O3. The van der Waals surface area contributed by atoms with Crippen LogP contribution in [0, 0.1) is 0 Å². The van der Waals surface area contributed by atoms with Gasteiger partial charge in [0.05, 0.1) is 12.8 Å². The molecule has 1 N–H and O–H groups in total. The maximum atomic E-state index is 12.2. The fraction of sp³-hybridized carbons (Fsp3) is 0.308. The molecule has 0 saturated carbocycles. The Hall–Kier alpha value is -2.15. The lowest BCUT2D eigenvalue weighted by atomic mass is 10.1. The zero-order valence-corrected chi connectivity index (χ0v) is 11.0. The van der Waals surface area contributed by atoms with Crippen molar-refractivity contribution >= 4 is 5.71 Å². The third kappa shape index (κ3) is 3.24. The molecule has 0 aliphatic carbocycles. The molecular weight excluding hydrogens is 270 g/mol. The van der Waals surface area contributed by atoms with E-state index >= 15 is 0 Å². The summed E-state index contributed by atoms with van der Waals surface area (Å²) in [5.74, 6) is 0.196. The number of ether oxygens (including phenoxy) is 3. The summed E-state index contributed by atoms with van der Waals surface area (Å²) in [5, 5.41) is 4.13. The zero-order chi connectivity index (χ0) is 14.5. The van der Waals surface area contributed by atoms with Crippen LogP contribution in [0.1, 0.15) is 5.56 Å². The summed E-state index contributed by atoms with van der Waals surface area (Å²) in [6.07, 6.45) is 3.29. The van der Waals surface area contributed by atoms with E-state index in [0.29, 0.717) is 11.3 Å². The lowest BCUT2D eigenvalue weighted by Gasteiger charge is -2.17. The van der Waals surface area contributed by atoms with Crippen LogP contribution in [0.15, 0.2) is 35.5 Å². The van der Waals surface area contributed by atoms with Gasteiger partial charge in [-0.3, -0.25) is 5.43 Å². The van der Waals surface area contributed by atoms with E-state index in [1.807, 2.05) is 0 Å². The number of methoxy groups -OCH3 is 2. The molecule has 108 valence electrons. The number of allylic oxidation sites excluding steroid dienone is 1. The summed E-state index contributed by atoms with van der Waals surface area (Å²) in [6, 6.07) is 4.62. The van der Waals surface area contributed by atoms with Crippen molar-refractivity contribution in [3.63, 3.8) is 0 Å². The molecule has 1 unspecified atom stereocenters. The SMILES string of the molecule is COc1cc(C2=NNC(OC)C=C2)ccc1OC(F)F. The van der Waals surface area contributed by atoms with Gasteiger partial charge in [0.15, 0.2) is 17.7 Å². The molecule has 0 bridgehead atoms. The molecule has 2 rings (SSSR count). The lowest BCUT2D eigenvalue weighted by Crippen LogP contribution is -2.28. The van der Waals surface area contributed by atoms with Crippen molar-refractivity contribution in [1.82, 2.24) is 5.43 Å². The van der Waals surface area contributed by atoms with Gasteiger partial charge in [0, 0.05) is 12.7 Å². The first-order valence-corrected chi connectivity index (χ1v) is 5.81. The van der Waals surface area contributed by atoms with E-state index in [-0.39, 0.29) is 17.7 Å². The van der Waals surface area contributed by atoms with Gasteiger partial charge in [0.25, 0.3) is 0 Å². The first-order chi connectivity index (χ1) is 9.63. The maximum Gasteiger partial charge on any atom is 0.387 e. The van der Waals surface area contributed by atoms with Gasteiger partial charge in [-0.15, -0.1) is 0 Å². The van der Waals surface area contributed by atoms with Crippen molar-refractivity contribution < 1.29 is 23.0 Å². The predicted molar refractivity (Wildman–Crippen MR) is 69.2 cm³/mol. The maximum absolute atomic E-state index is 12.2. The van der Waals surface area contributed by atoms with Crippen LogP contribution in [-0.2, 0) is 4.74 Å². The van der Waals surface area contributed by atoms with Gasteiger partial charge in [0.2, 0.25) is 0 Å². The Morgan fingerprint density at radius 2 is 2.05 bits per heavy atom. The van der Waals surface area contributed by atoms with E-state index in [1.54, 1.807) is 31.4 Å². The van der Waals surface area contributed by atoms with Crippen molar-refractivity contribution in [2.75, 3.05) is 14.2 Å². The minimum absolute atomic E-state index is 0.0191. The van der Waals surface area contributed by atoms with Crippen LogP contribution in [0.4, 0.5) is 8.78 Å². The van der Waals surface area contributed by atoms with Crippen LogP contribution in [0.25, 0.3) is 0 Å². The van der Waals surface area contributed by atoms with Crippen molar-refractivity contribution in [2.45, 2.75) is 12.8 Å². The molecule has 7 heteroatoms. The quantitative estimate of drug-likeness (QED) is 0.900. The molecule has 0 fully saturated rings. The Balaban J connectivity index is 2.22. The summed E-state index contributed by atoms with van der Waals surface area (Å²) in [6.45, 7) is -2.90. The molecule has 1 heterocycles. The summed E-state index contributed by atoms with van der Waals surface area (Å²) in [7, 11) is 2.94. The van der Waals surface area contributed by atoms with Gasteiger partial charge in [-0.1, -0.05) is 0 Å². The van der Waals surface area contributed by atoms with Gasteiger partial charge >= 0.3 is 6.61 Å². The lowest BCUT2D eigenvalue weighted by molar-refractivity contribution is -0.0512. The number of alkyl halides is 2. The Kier molecular flexibility index (Phi) is 4.52. The molecule has 0 spiro atoms. The molecule has 0 radical (unpaired) electrons. The fourth-order valence-corrected chi connectivity index (χ4v) is 1.70. The Morgan fingerprint density at radius 1 is 1.25 bits per heavy atom. The normalized spacial score (nSPS) is 17.6. The third-order valence-corrected chi connectivity index (χ3v) is 2.67. The highest BCUT2D eigenvalue weighted by molar-refractivity contribution is 6.09. The number of hydrogen-bond donors (Lipinski definition) is 1. The highest BCUT2D eigenvalue weighted by atomic mass is 19.3. The number of hydrogen-bond acceptors (Lipinski definition) is 5. The second-order valence-corrected chi connectivity index (χ2v) is 3.89.